The Balaban J connectivity index is 2.15. The van der Waals surface area contributed by atoms with Crippen LogP contribution in [0.4, 0.5) is 0 Å². The van der Waals surface area contributed by atoms with E-state index in [-0.39, 0.29) is 5.75 Å². The molecule has 0 amide bonds. The molecule has 1 aliphatic heterocycles. The highest BCUT2D eigenvalue weighted by molar-refractivity contribution is 9.10. The van der Waals surface area contributed by atoms with E-state index in [0.29, 0.717) is 19.6 Å². The topological polar surface area (TPSA) is 40.6 Å². The van der Waals surface area contributed by atoms with Crippen LogP contribution in [0.15, 0.2) is 22.7 Å². The lowest BCUT2D eigenvalue weighted by atomic mass is 10.0. The Morgan fingerprint density at radius 2 is 2.11 bits per heavy atom. The second-order valence-corrected chi connectivity index (χ2v) is 8.02. The first-order valence-electron chi connectivity index (χ1n) is 6.29. The summed E-state index contributed by atoms with van der Waals surface area (Å²) in [6.07, 6.45) is 0.788. The molecule has 0 bridgehead atoms. The van der Waals surface area contributed by atoms with Gasteiger partial charge in [-0.2, -0.15) is 4.31 Å². The molecule has 6 heteroatoms. The Hall–Kier alpha value is -0.430. The predicted octanol–water partition coefficient (Wildman–Crippen LogP) is 1.70. The maximum Gasteiger partial charge on any atom is 0.215 e. The van der Waals surface area contributed by atoms with E-state index in [1.165, 1.54) is 5.56 Å². The average molecular weight is 347 g/mol. The van der Waals surface area contributed by atoms with E-state index in [1.54, 1.807) is 4.31 Å². The van der Waals surface area contributed by atoms with Crippen molar-refractivity contribution in [2.75, 3.05) is 32.9 Å². The number of hydrogen-bond donors (Lipinski definition) is 0. The van der Waals surface area contributed by atoms with E-state index in [9.17, 15) is 8.42 Å². The summed E-state index contributed by atoms with van der Waals surface area (Å²) in [7, 11) is 0.606. The summed E-state index contributed by atoms with van der Waals surface area (Å²) in [5.41, 5.74) is 2.34. The molecule has 1 aromatic rings. The van der Waals surface area contributed by atoms with E-state index in [0.717, 1.165) is 16.5 Å². The summed E-state index contributed by atoms with van der Waals surface area (Å²) in [4.78, 5) is 1.89. The molecule has 106 valence electrons. The fourth-order valence-corrected chi connectivity index (χ4v) is 4.26. The maximum absolute atomic E-state index is 12.3. The first-order chi connectivity index (χ1) is 8.90. The van der Waals surface area contributed by atoms with E-state index in [4.69, 9.17) is 0 Å². The minimum atomic E-state index is -3.17. The summed E-state index contributed by atoms with van der Waals surface area (Å²) < 4.78 is 27.2. The lowest BCUT2D eigenvalue weighted by Crippen LogP contribution is -2.39. The Morgan fingerprint density at radius 3 is 2.79 bits per heavy atom. The molecule has 0 aromatic heterocycles. The highest BCUT2D eigenvalue weighted by Gasteiger charge is 2.27. The molecule has 1 aliphatic rings. The van der Waals surface area contributed by atoms with Crippen LogP contribution in [0.1, 0.15) is 11.1 Å². The number of fused-ring (bicyclic) bond motifs is 1. The summed E-state index contributed by atoms with van der Waals surface area (Å²) in [6.45, 7) is 1.62. The molecule has 19 heavy (non-hydrogen) atoms. The molecule has 0 saturated carbocycles. The van der Waals surface area contributed by atoms with Crippen LogP contribution in [-0.4, -0.2) is 50.6 Å². The standard InChI is InChI=1S/C13H19BrN2O2S/c1-15(2)8-9-19(17,18)16-7-6-11-4-3-5-13(14)12(11)10-16/h3-5H,6-10H2,1-2H3. The number of nitrogens with zero attached hydrogens (tertiary/aromatic N) is 2. The van der Waals surface area contributed by atoms with E-state index in [2.05, 4.69) is 22.0 Å². The Kier molecular flexibility index (Phi) is 4.66. The summed E-state index contributed by atoms with van der Waals surface area (Å²) >= 11 is 3.51. The van der Waals surface area contributed by atoms with E-state index < -0.39 is 10.0 Å². The predicted molar refractivity (Wildman–Crippen MR) is 80.6 cm³/mol. The van der Waals surface area contributed by atoms with E-state index >= 15 is 0 Å². The van der Waals surface area contributed by atoms with Crippen molar-refractivity contribution in [3.05, 3.63) is 33.8 Å². The van der Waals surface area contributed by atoms with Crippen molar-refractivity contribution >= 4 is 26.0 Å². The molecular weight excluding hydrogens is 328 g/mol. The second kappa shape index (κ2) is 5.91. The molecule has 0 spiro atoms. The first kappa shape index (κ1) is 15.0. The number of sulfonamides is 1. The van der Waals surface area contributed by atoms with Gasteiger partial charge in [0.05, 0.1) is 5.75 Å². The number of halogens is 1. The van der Waals surface area contributed by atoms with Gasteiger partial charge in [0.25, 0.3) is 0 Å². The van der Waals surface area contributed by atoms with Crippen molar-refractivity contribution in [1.29, 1.82) is 0 Å². The van der Waals surface area contributed by atoms with Gasteiger partial charge in [0, 0.05) is 24.1 Å². The summed E-state index contributed by atoms with van der Waals surface area (Å²) in [6, 6.07) is 6.04. The van der Waals surface area contributed by atoms with Crippen molar-refractivity contribution in [3.63, 3.8) is 0 Å². The van der Waals surface area contributed by atoms with Gasteiger partial charge in [-0.25, -0.2) is 8.42 Å². The largest absolute Gasteiger partial charge is 0.308 e. The second-order valence-electron chi connectivity index (χ2n) is 5.08. The van der Waals surface area contributed by atoms with Crippen molar-refractivity contribution in [2.24, 2.45) is 0 Å². The van der Waals surface area contributed by atoms with Gasteiger partial charge >= 0.3 is 0 Å². The van der Waals surface area contributed by atoms with Gasteiger partial charge in [0.2, 0.25) is 10.0 Å². The molecule has 0 atom stereocenters. The molecule has 0 unspecified atom stereocenters. The van der Waals surface area contributed by atoms with Crippen LogP contribution in [0.5, 0.6) is 0 Å². The first-order valence-corrected chi connectivity index (χ1v) is 8.69. The number of hydrogen-bond acceptors (Lipinski definition) is 3. The molecule has 2 rings (SSSR count). The zero-order valence-electron chi connectivity index (χ0n) is 11.3. The molecule has 0 radical (unpaired) electrons. The fourth-order valence-electron chi connectivity index (χ4n) is 2.18. The Bertz CT molecular complexity index is 558. The molecule has 4 nitrogen and oxygen atoms in total. The van der Waals surface area contributed by atoms with Crippen molar-refractivity contribution in [3.8, 4) is 0 Å². The van der Waals surface area contributed by atoms with Gasteiger partial charge < -0.3 is 4.90 Å². The maximum atomic E-state index is 12.3. The van der Waals surface area contributed by atoms with Crippen LogP contribution in [-0.2, 0) is 23.0 Å². The molecule has 1 heterocycles. The third-order valence-corrected chi connectivity index (χ3v) is 5.91. The van der Waals surface area contributed by atoms with Gasteiger partial charge in [-0.05, 0) is 37.7 Å². The monoisotopic (exact) mass is 346 g/mol. The lowest BCUT2D eigenvalue weighted by molar-refractivity contribution is 0.379. The summed E-state index contributed by atoms with van der Waals surface area (Å²) in [5.74, 6) is 0.180. The van der Waals surface area contributed by atoms with Crippen molar-refractivity contribution in [1.82, 2.24) is 9.21 Å². The Morgan fingerprint density at radius 1 is 1.37 bits per heavy atom. The molecule has 0 aliphatic carbocycles. The third kappa shape index (κ3) is 3.56. The molecule has 1 aromatic carbocycles. The molecular formula is C13H19BrN2O2S. The zero-order valence-corrected chi connectivity index (χ0v) is 13.7. The number of benzene rings is 1. The average Bonchev–Trinajstić information content (AvgIpc) is 2.37. The lowest BCUT2D eigenvalue weighted by Gasteiger charge is -2.29. The van der Waals surface area contributed by atoms with Gasteiger partial charge in [-0.15, -0.1) is 0 Å². The minimum absolute atomic E-state index is 0.180. The SMILES string of the molecule is CN(C)CCS(=O)(=O)N1CCc2cccc(Br)c2C1. The highest BCUT2D eigenvalue weighted by Crippen LogP contribution is 2.27. The highest BCUT2D eigenvalue weighted by atomic mass is 79.9. The normalized spacial score (nSPS) is 16.6. The molecule has 0 N–H and O–H groups in total. The fraction of sp³-hybridized carbons (Fsp3) is 0.538. The van der Waals surface area contributed by atoms with E-state index in [1.807, 2.05) is 31.1 Å². The van der Waals surface area contributed by atoms with Gasteiger partial charge in [0.15, 0.2) is 0 Å². The number of rotatable bonds is 4. The van der Waals surface area contributed by atoms with Crippen LogP contribution in [0.3, 0.4) is 0 Å². The Labute approximate surface area is 123 Å². The van der Waals surface area contributed by atoms with Crippen LogP contribution >= 0.6 is 15.9 Å². The van der Waals surface area contributed by atoms with Crippen molar-refractivity contribution in [2.45, 2.75) is 13.0 Å². The molecule has 0 fully saturated rings. The molecule has 0 saturated heterocycles. The summed E-state index contributed by atoms with van der Waals surface area (Å²) in [5, 5.41) is 0. The smallest absolute Gasteiger partial charge is 0.215 e. The zero-order chi connectivity index (χ0) is 14.0. The van der Waals surface area contributed by atoms with Crippen molar-refractivity contribution < 1.29 is 8.42 Å². The van der Waals surface area contributed by atoms with Gasteiger partial charge in [0.1, 0.15) is 0 Å². The van der Waals surface area contributed by atoms with Gasteiger partial charge in [-0.1, -0.05) is 28.1 Å². The van der Waals surface area contributed by atoms with Crippen LogP contribution < -0.4 is 0 Å². The third-order valence-electron chi connectivity index (χ3n) is 3.37. The van der Waals surface area contributed by atoms with Gasteiger partial charge in [-0.3, -0.25) is 0 Å². The quantitative estimate of drug-likeness (QED) is 0.833. The van der Waals surface area contributed by atoms with Crippen LogP contribution in [0.25, 0.3) is 0 Å². The minimum Gasteiger partial charge on any atom is -0.308 e. The van der Waals surface area contributed by atoms with Crippen LogP contribution in [0.2, 0.25) is 0 Å². The van der Waals surface area contributed by atoms with Crippen LogP contribution in [0, 0.1) is 0 Å².